The average molecular weight is 429 g/mol. The fraction of sp³-hybridized carbons (Fsp3) is 0.650. The van der Waals surface area contributed by atoms with Crippen LogP contribution in [0.4, 0.5) is 17.6 Å². The van der Waals surface area contributed by atoms with Gasteiger partial charge in [-0.3, -0.25) is 15.0 Å². The molecule has 1 aromatic carbocycles. The SMILES string of the molecule is CN(C)C1NC(=O)C2C(CF)NN(C(c3ccc(CC(F)(F)F)cc3)C3CC3)C2N1. The molecule has 0 radical (unpaired) electrons. The summed E-state index contributed by atoms with van der Waals surface area (Å²) in [5, 5.41) is 8.16. The summed E-state index contributed by atoms with van der Waals surface area (Å²) in [5.74, 6) is -0.517. The van der Waals surface area contributed by atoms with Gasteiger partial charge in [0.1, 0.15) is 13.0 Å². The zero-order valence-electron chi connectivity index (χ0n) is 16.9. The summed E-state index contributed by atoms with van der Waals surface area (Å²) in [6.07, 6.45) is -4.08. The van der Waals surface area contributed by atoms with Crippen molar-refractivity contribution in [2.24, 2.45) is 11.8 Å². The number of amides is 1. The molecule has 166 valence electrons. The van der Waals surface area contributed by atoms with Crippen LogP contribution in [0.3, 0.4) is 0 Å². The summed E-state index contributed by atoms with van der Waals surface area (Å²) in [7, 11) is 3.66. The molecule has 1 aliphatic carbocycles. The first-order valence-corrected chi connectivity index (χ1v) is 10.2. The van der Waals surface area contributed by atoms with Gasteiger partial charge in [0, 0.05) is 0 Å². The molecule has 1 aromatic rings. The molecule has 0 aromatic heterocycles. The number of benzene rings is 1. The lowest BCUT2D eigenvalue weighted by atomic mass is 9.94. The van der Waals surface area contributed by atoms with E-state index in [2.05, 4.69) is 16.1 Å². The van der Waals surface area contributed by atoms with E-state index in [-0.39, 0.29) is 17.5 Å². The van der Waals surface area contributed by atoms with Crippen molar-refractivity contribution < 1.29 is 22.4 Å². The Bertz CT molecular complexity index is 767. The van der Waals surface area contributed by atoms with Crippen molar-refractivity contribution in [3.63, 3.8) is 0 Å². The summed E-state index contributed by atoms with van der Waals surface area (Å²) >= 11 is 0. The highest BCUT2D eigenvalue weighted by atomic mass is 19.4. The molecule has 3 aliphatic rings. The van der Waals surface area contributed by atoms with Crippen LogP contribution in [0.5, 0.6) is 0 Å². The van der Waals surface area contributed by atoms with Crippen LogP contribution < -0.4 is 16.1 Å². The summed E-state index contributed by atoms with van der Waals surface area (Å²) in [5.41, 5.74) is 4.25. The highest BCUT2D eigenvalue weighted by Gasteiger charge is 2.54. The Labute approximate surface area is 172 Å². The molecule has 3 fully saturated rings. The second-order valence-electron chi connectivity index (χ2n) is 8.62. The van der Waals surface area contributed by atoms with Gasteiger partial charge in [0.2, 0.25) is 5.91 Å². The first kappa shape index (κ1) is 21.5. The van der Waals surface area contributed by atoms with E-state index < -0.39 is 43.7 Å². The van der Waals surface area contributed by atoms with E-state index >= 15 is 0 Å². The number of fused-ring (bicyclic) bond motifs is 1. The molecular weight excluding hydrogens is 402 g/mol. The molecule has 0 bridgehead atoms. The maximum absolute atomic E-state index is 13.8. The van der Waals surface area contributed by atoms with Gasteiger partial charge in [0.25, 0.3) is 0 Å². The van der Waals surface area contributed by atoms with Crippen molar-refractivity contribution >= 4 is 5.91 Å². The minimum absolute atomic E-state index is 0.157. The quantitative estimate of drug-likeness (QED) is 0.604. The average Bonchev–Trinajstić information content (AvgIpc) is 3.43. The number of alkyl halides is 4. The van der Waals surface area contributed by atoms with Crippen molar-refractivity contribution in [1.29, 1.82) is 0 Å². The third-order valence-corrected chi connectivity index (χ3v) is 6.08. The topological polar surface area (TPSA) is 59.6 Å². The molecule has 0 spiro atoms. The molecule has 5 atom stereocenters. The monoisotopic (exact) mass is 429 g/mol. The zero-order chi connectivity index (χ0) is 21.6. The van der Waals surface area contributed by atoms with E-state index in [0.717, 1.165) is 18.4 Å². The summed E-state index contributed by atoms with van der Waals surface area (Å²) in [6.45, 7) is -0.693. The maximum atomic E-state index is 13.8. The van der Waals surface area contributed by atoms with E-state index in [4.69, 9.17) is 0 Å². The van der Waals surface area contributed by atoms with Crippen LogP contribution in [0.1, 0.15) is 30.0 Å². The molecule has 10 heteroatoms. The fourth-order valence-corrected chi connectivity index (χ4v) is 4.49. The second-order valence-corrected chi connectivity index (χ2v) is 8.62. The number of hydrazine groups is 1. The van der Waals surface area contributed by atoms with E-state index in [1.165, 1.54) is 12.1 Å². The van der Waals surface area contributed by atoms with Crippen molar-refractivity contribution in [3.8, 4) is 0 Å². The minimum atomic E-state index is -4.25. The van der Waals surface area contributed by atoms with E-state index in [1.54, 1.807) is 12.1 Å². The first-order valence-electron chi connectivity index (χ1n) is 10.2. The standard InChI is InChI=1S/C20H27F4N5O/c1-28(2)19-25-17-15(18(30)26-19)14(10-21)27-29(17)16(13-7-8-13)12-5-3-11(4-6-12)9-20(22,23)24/h3-6,13-17,19,25,27H,7-10H2,1-2H3,(H,26,30). The lowest BCUT2D eigenvalue weighted by molar-refractivity contribution is -0.133. The Morgan fingerprint density at radius 2 is 1.87 bits per heavy atom. The van der Waals surface area contributed by atoms with Crippen LogP contribution in [0.2, 0.25) is 0 Å². The predicted molar refractivity (Wildman–Crippen MR) is 102 cm³/mol. The molecule has 6 nitrogen and oxygen atoms in total. The van der Waals surface area contributed by atoms with Gasteiger partial charge < -0.3 is 5.32 Å². The summed E-state index contributed by atoms with van der Waals surface area (Å²) in [4.78, 5) is 14.5. The number of carbonyl (C=O) groups is 1. The normalized spacial score (nSPS) is 31.0. The van der Waals surface area contributed by atoms with Crippen LogP contribution in [-0.2, 0) is 11.2 Å². The van der Waals surface area contributed by atoms with Crippen molar-refractivity contribution in [2.75, 3.05) is 20.8 Å². The Morgan fingerprint density at radius 1 is 1.20 bits per heavy atom. The molecule has 30 heavy (non-hydrogen) atoms. The summed E-state index contributed by atoms with van der Waals surface area (Å²) < 4.78 is 51.8. The largest absolute Gasteiger partial charge is 0.393 e. The van der Waals surface area contributed by atoms with Gasteiger partial charge in [-0.25, -0.2) is 14.8 Å². The zero-order valence-corrected chi connectivity index (χ0v) is 16.9. The number of nitrogens with zero attached hydrogens (tertiary/aromatic N) is 2. The highest BCUT2D eigenvalue weighted by molar-refractivity contribution is 5.81. The molecule has 1 saturated carbocycles. The molecule has 2 aliphatic heterocycles. The van der Waals surface area contributed by atoms with Gasteiger partial charge in [0.15, 0.2) is 0 Å². The van der Waals surface area contributed by atoms with Crippen LogP contribution in [0, 0.1) is 11.8 Å². The van der Waals surface area contributed by atoms with Gasteiger partial charge in [0.05, 0.1) is 30.6 Å². The highest BCUT2D eigenvalue weighted by Crippen LogP contribution is 2.47. The van der Waals surface area contributed by atoms with Crippen LogP contribution in [0.25, 0.3) is 0 Å². The van der Waals surface area contributed by atoms with Crippen LogP contribution in [0.15, 0.2) is 24.3 Å². The van der Waals surface area contributed by atoms with Gasteiger partial charge in [-0.15, -0.1) is 0 Å². The van der Waals surface area contributed by atoms with E-state index in [9.17, 15) is 22.4 Å². The molecule has 2 saturated heterocycles. The van der Waals surface area contributed by atoms with E-state index in [1.807, 2.05) is 24.0 Å². The number of hydrogen-bond acceptors (Lipinski definition) is 5. The van der Waals surface area contributed by atoms with Gasteiger partial charge >= 0.3 is 6.18 Å². The number of halogens is 4. The smallest absolute Gasteiger partial charge is 0.327 e. The van der Waals surface area contributed by atoms with Crippen molar-refractivity contribution in [3.05, 3.63) is 35.4 Å². The third kappa shape index (κ3) is 4.32. The molecular formula is C20H27F4N5O. The van der Waals surface area contributed by atoms with Gasteiger partial charge in [-0.2, -0.15) is 13.2 Å². The van der Waals surface area contributed by atoms with Crippen molar-refractivity contribution in [1.82, 2.24) is 26.0 Å². The van der Waals surface area contributed by atoms with Gasteiger partial charge in [-0.05, 0) is 44.0 Å². The number of hydrogen-bond donors (Lipinski definition) is 3. The molecule has 5 unspecified atom stereocenters. The molecule has 4 rings (SSSR count). The Morgan fingerprint density at radius 3 is 2.40 bits per heavy atom. The fourth-order valence-electron chi connectivity index (χ4n) is 4.49. The van der Waals surface area contributed by atoms with Crippen LogP contribution in [-0.4, -0.2) is 61.3 Å². The Kier molecular flexibility index (Phi) is 5.78. The Hall–Kier alpha value is -1.75. The molecule has 1 amide bonds. The maximum Gasteiger partial charge on any atom is 0.393 e. The number of nitrogens with one attached hydrogen (secondary N) is 3. The molecule has 2 heterocycles. The predicted octanol–water partition coefficient (Wildman–Crippen LogP) is 1.91. The third-order valence-electron chi connectivity index (χ3n) is 6.08. The van der Waals surface area contributed by atoms with Crippen LogP contribution >= 0.6 is 0 Å². The lowest BCUT2D eigenvalue weighted by Crippen LogP contribution is -2.68. The molecule has 3 N–H and O–H groups in total. The first-order chi connectivity index (χ1) is 14.2. The lowest BCUT2D eigenvalue weighted by Gasteiger charge is -2.42. The van der Waals surface area contributed by atoms with Crippen molar-refractivity contribution in [2.45, 2.75) is 50.0 Å². The van der Waals surface area contributed by atoms with E-state index in [0.29, 0.717) is 5.92 Å². The number of carbonyl (C=O) groups excluding carboxylic acids is 1. The van der Waals surface area contributed by atoms with Gasteiger partial charge in [-0.1, -0.05) is 24.3 Å². The minimum Gasteiger partial charge on any atom is -0.327 e. The number of rotatable bonds is 6. The Balaban J connectivity index is 1.61. The second kappa shape index (κ2) is 8.07. The summed E-state index contributed by atoms with van der Waals surface area (Å²) in [6, 6.07) is 5.63.